The van der Waals surface area contributed by atoms with Crippen molar-refractivity contribution in [1.82, 2.24) is 15.3 Å². The van der Waals surface area contributed by atoms with Crippen LogP contribution in [0.3, 0.4) is 0 Å². The summed E-state index contributed by atoms with van der Waals surface area (Å²) in [5.41, 5.74) is 6.37. The Hall–Kier alpha value is -1.61. The summed E-state index contributed by atoms with van der Waals surface area (Å²) >= 11 is 0. The predicted octanol–water partition coefficient (Wildman–Crippen LogP) is 3.11. The molecule has 3 nitrogen and oxygen atoms in total. The van der Waals surface area contributed by atoms with E-state index < -0.39 is 0 Å². The Bertz CT molecular complexity index is 541. The Balaban J connectivity index is 2.31. The van der Waals surface area contributed by atoms with E-state index in [1.807, 2.05) is 6.20 Å². The van der Waals surface area contributed by atoms with Gasteiger partial charge >= 0.3 is 0 Å². The number of benzene rings is 1. The van der Waals surface area contributed by atoms with E-state index in [4.69, 9.17) is 0 Å². The lowest BCUT2D eigenvalue weighted by Crippen LogP contribution is -2.12. The highest BCUT2D eigenvalue weighted by molar-refractivity contribution is 5.65. The zero-order valence-corrected chi connectivity index (χ0v) is 11.6. The lowest BCUT2D eigenvalue weighted by molar-refractivity contribution is 0.698. The third kappa shape index (κ3) is 2.46. The van der Waals surface area contributed by atoms with Crippen LogP contribution < -0.4 is 5.32 Å². The number of nitrogens with one attached hydrogen (secondary N) is 2. The van der Waals surface area contributed by atoms with Crippen molar-refractivity contribution in [3.63, 3.8) is 0 Å². The first-order valence-corrected chi connectivity index (χ1v) is 6.45. The smallest absolute Gasteiger partial charge is 0.120 e. The minimum atomic E-state index is 0.792. The van der Waals surface area contributed by atoms with E-state index in [9.17, 15) is 0 Å². The molecule has 0 aliphatic heterocycles. The molecule has 0 spiro atoms. The summed E-state index contributed by atoms with van der Waals surface area (Å²) in [6.07, 6.45) is 1.92. The number of rotatable bonds is 4. The molecule has 2 aromatic rings. The molecule has 1 aromatic heterocycles. The lowest BCUT2D eigenvalue weighted by Gasteiger charge is -2.09. The van der Waals surface area contributed by atoms with Crippen LogP contribution in [0.1, 0.15) is 29.4 Å². The van der Waals surface area contributed by atoms with Gasteiger partial charge in [0, 0.05) is 5.56 Å². The van der Waals surface area contributed by atoms with Crippen LogP contribution in [-0.2, 0) is 6.54 Å². The van der Waals surface area contributed by atoms with Crippen molar-refractivity contribution >= 4 is 0 Å². The lowest BCUT2D eigenvalue weighted by atomic mass is 9.97. The first-order valence-electron chi connectivity index (χ1n) is 6.45. The van der Waals surface area contributed by atoms with Gasteiger partial charge in [-0.3, -0.25) is 0 Å². The number of hydrogen-bond acceptors (Lipinski definition) is 2. The second-order valence-corrected chi connectivity index (χ2v) is 4.70. The van der Waals surface area contributed by atoms with Crippen LogP contribution in [0, 0.1) is 20.8 Å². The molecule has 3 heteroatoms. The minimum absolute atomic E-state index is 0.792. The predicted molar refractivity (Wildman–Crippen MR) is 75.6 cm³/mol. The molecule has 1 aromatic carbocycles. The molecule has 0 bridgehead atoms. The van der Waals surface area contributed by atoms with Crippen molar-refractivity contribution in [1.29, 1.82) is 0 Å². The third-order valence-corrected chi connectivity index (χ3v) is 3.52. The van der Waals surface area contributed by atoms with Crippen LogP contribution in [0.5, 0.6) is 0 Å². The van der Waals surface area contributed by atoms with Gasteiger partial charge in [-0.1, -0.05) is 19.1 Å². The minimum Gasteiger partial charge on any atom is -0.341 e. The van der Waals surface area contributed by atoms with Crippen LogP contribution in [-0.4, -0.2) is 16.5 Å². The molecule has 96 valence electrons. The number of aryl methyl sites for hydroxylation is 1. The highest BCUT2D eigenvalue weighted by atomic mass is 15.0. The highest BCUT2D eigenvalue weighted by Crippen LogP contribution is 2.25. The van der Waals surface area contributed by atoms with E-state index in [0.29, 0.717) is 0 Å². The average molecular weight is 243 g/mol. The highest BCUT2D eigenvalue weighted by Gasteiger charge is 2.08. The van der Waals surface area contributed by atoms with E-state index in [1.165, 1.54) is 22.3 Å². The van der Waals surface area contributed by atoms with Gasteiger partial charge in [-0.25, -0.2) is 4.98 Å². The van der Waals surface area contributed by atoms with Gasteiger partial charge in [-0.2, -0.15) is 0 Å². The Labute approximate surface area is 109 Å². The average Bonchev–Trinajstić information content (AvgIpc) is 2.82. The molecular weight excluding hydrogens is 222 g/mol. The first-order chi connectivity index (χ1) is 8.63. The largest absolute Gasteiger partial charge is 0.341 e. The maximum absolute atomic E-state index is 4.41. The van der Waals surface area contributed by atoms with E-state index in [1.54, 1.807) is 0 Å². The molecular formula is C15H21N3. The number of imidazole rings is 1. The van der Waals surface area contributed by atoms with E-state index in [-0.39, 0.29) is 0 Å². The molecule has 2 rings (SSSR count). The summed E-state index contributed by atoms with van der Waals surface area (Å²) in [6, 6.07) is 4.34. The Morgan fingerprint density at radius 2 is 1.94 bits per heavy atom. The quantitative estimate of drug-likeness (QED) is 0.866. The summed E-state index contributed by atoms with van der Waals surface area (Å²) in [4.78, 5) is 7.78. The maximum atomic E-state index is 4.41. The van der Waals surface area contributed by atoms with Crippen LogP contribution in [0.2, 0.25) is 0 Å². The topological polar surface area (TPSA) is 40.7 Å². The molecule has 0 saturated carbocycles. The Morgan fingerprint density at radius 3 is 2.67 bits per heavy atom. The number of nitrogens with zero attached hydrogens (tertiary/aromatic N) is 1. The molecule has 2 N–H and O–H groups in total. The molecule has 0 fully saturated rings. The number of hydrogen-bond donors (Lipinski definition) is 2. The van der Waals surface area contributed by atoms with E-state index >= 15 is 0 Å². The molecule has 18 heavy (non-hydrogen) atoms. The molecule has 0 aliphatic rings. The summed E-state index contributed by atoms with van der Waals surface area (Å²) in [5.74, 6) is 0.990. The Morgan fingerprint density at radius 1 is 1.17 bits per heavy atom. The van der Waals surface area contributed by atoms with Crippen molar-refractivity contribution in [2.45, 2.75) is 34.2 Å². The molecule has 0 saturated heterocycles. The van der Waals surface area contributed by atoms with Gasteiger partial charge in [0.05, 0.1) is 18.4 Å². The fourth-order valence-corrected chi connectivity index (χ4v) is 2.08. The third-order valence-electron chi connectivity index (χ3n) is 3.52. The van der Waals surface area contributed by atoms with Gasteiger partial charge in [0.2, 0.25) is 0 Å². The van der Waals surface area contributed by atoms with Crippen molar-refractivity contribution in [2.24, 2.45) is 0 Å². The number of H-pyrrole nitrogens is 1. The molecule has 0 unspecified atom stereocenters. The second-order valence-electron chi connectivity index (χ2n) is 4.70. The zero-order chi connectivity index (χ0) is 13.1. The SMILES string of the molecule is CCNCc1ncc(-c2ccc(C)c(C)c2C)[nH]1. The van der Waals surface area contributed by atoms with Crippen molar-refractivity contribution in [2.75, 3.05) is 6.54 Å². The number of aromatic nitrogens is 2. The van der Waals surface area contributed by atoms with Gasteiger partial charge in [-0.15, -0.1) is 0 Å². The van der Waals surface area contributed by atoms with E-state index in [0.717, 1.165) is 24.6 Å². The van der Waals surface area contributed by atoms with Gasteiger partial charge in [-0.05, 0) is 44.0 Å². The first kappa shape index (κ1) is 12.8. The molecule has 0 atom stereocenters. The summed E-state index contributed by atoms with van der Waals surface area (Å²) < 4.78 is 0. The second kappa shape index (κ2) is 5.36. The van der Waals surface area contributed by atoms with Crippen molar-refractivity contribution < 1.29 is 0 Å². The fraction of sp³-hybridized carbons (Fsp3) is 0.400. The zero-order valence-electron chi connectivity index (χ0n) is 11.6. The van der Waals surface area contributed by atoms with Gasteiger partial charge < -0.3 is 10.3 Å². The number of aromatic amines is 1. The molecule has 0 radical (unpaired) electrons. The maximum Gasteiger partial charge on any atom is 0.120 e. The van der Waals surface area contributed by atoms with Crippen LogP contribution >= 0.6 is 0 Å². The molecule has 0 amide bonds. The Kier molecular flexibility index (Phi) is 3.82. The standard InChI is InChI=1S/C15H21N3/c1-5-16-9-15-17-8-14(18-15)13-7-6-10(2)11(3)12(13)4/h6-8,16H,5,9H2,1-4H3,(H,17,18). The van der Waals surface area contributed by atoms with Crippen molar-refractivity contribution in [3.8, 4) is 11.3 Å². The normalized spacial score (nSPS) is 10.9. The van der Waals surface area contributed by atoms with Crippen LogP contribution in [0.15, 0.2) is 18.3 Å². The van der Waals surface area contributed by atoms with Crippen LogP contribution in [0.25, 0.3) is 11.3 Å². The summed E-state index contributed by atoms with van der Waals surface area (Å²) in [6.45, 7) is 10.3. The van der Waals surface area contributed by atoms with Gasteiger partial charge in [0.25, 0.3) is 0 Å². The van der Waals surface area contributed by atoms with Crippen LogP contribution in [0.4, 0.5) is 0 Å². The van der Waals surface area contributed by atoms with Crippen molar-refractivity contribution in [3.05, 3.63) is 40.8 Å². The summed E-state index contributed by atoms with van der Waals surface area (Å²) in [7, 11) is 0. The molecule has 1 heterocycles. The van der Waals surface area contributed by atoms with Gasteiger partial charge in [0.15, 0.2) is 0 Å². The van der Waals surface area contributed by atoms with E-state index in [2.05, 4.69) is 55.1 Å². The fourth-order valence-electron chi connectivity index (χ4n) is 2.08. The molecule has 0 aliphatic carbocycles. The summed E-state index contributed by atoms with van der Waals surface area (Å²) in [5, 5.41) is 3.27. The van der Waals surface area contributed by atoms with Gasteiger partial charge in [0.1, 0.15) is 5.82 Å². The monoisotopic (exact) mass is 243 g/mol.